The second-order valence-electron chi connectivity index (χ2n) is 6.81. The zero-order valence-electron chi connectivity index (χ0n) is 14.2. The maximum Gasteiger partial charge on any atom is 0.325 e. The Morgan fingerprint density at radius 2 is 2.04 bits per heavy atom. The number of benzene rings is 1. The van der Waals surface area contributed by atoms with Crippen LogP contribution < -0.4 is 10.6 Å². The number of rotatable bonds is 5. The summed E-state index contributed by atoms with van der Waals surface area (Å²) in [7, 11) is 0. The summed E-state index contributed by atoms with van der Waals surface area (Å²) in [4.78, 5) is 37.7. The molecule has 0 aromatic heterocycles. The lowest BCUT2D eigenvalue weighted by Crippen LogP contribution is -2.44. The lowest BCUT2D eigenvalue weighted by molar-refractivity contribution is -0.131. The molecule has 1 aliphatic heterocycles. The van der Waals surface area contributed by atoms with Crippen molar-refractivity contribution < 1.29 is 18.8 Å². The zero-order chi connectivity index (χ0) is 18.0. The molecule has 1 saturated carbocycles. The van der Waals surface area contributed by atoms with E-state index in [1.54, 1.807) is 13.0 Å². The van der Waals surface area contributed by atoms with Crippen molar-refractivity contribution >= 4 is 23.5 Å². The predicted octanol–water partition coefficient (Wildman–Crippen LogP) is 2.72. The number of carbonyl (C=O) groups excluding carboxylic acids is 3. The topological polar surface area (TPSA) is 78.5 Å². The molecule has 1 spiro atoms. The Balaban J connectivity index is 1.50. The van der Waals surface area contributed by atoms with Crippen LogP contribution in [-0.2, 0) is 9.59 Å². The molecule has 4 amide bonds. The third-order valence-corrected chi connectivity index (χ3v) is 4.89. The maximum atomic E-state index is 13.7. The van der Waals surface area contributed by atoms with E-state index in [0.717, 1.165) is 18.4 Å². The van der Waals surface area contributed by atoms with E-state index >= 15 is 0 Å². The van der Waals surface area contributed by atoms with Gasteiger partial charge in [-0.2, -0.15) is 0 Å². The number of halogens is 1. The molecule has 7 heteroatoms. The number of anilines is 1. The summed E-state index contributed by atoms with van der Waals surface area (Å²) in [6.45, 7) is 1.96. The maximum absolute atomic E-state index is 13.7. The molecule has 1 saturated heterocycles. The Labute approximate surface area is 145 Å². The standard InChI is InChI=1S/C18H22FN3O3/c1-12-6-7-14(13(19)11-12)20-15(23)5-4-10-22-16(24)18(21-17(22)25)8-2-3-9-18/h6-7,11H,2-5,8-10H2,1H3,(H,20,23)(H,21,25). The van der Waals surface area contributed by atoms with Gasteiger partial charge in [-0.25, -0.2) is 9.18 Å². The van der Waals surface area contributed by atoms with E-state index in [9.17, 15) is 18.8 Å². The van der Waals surface area contributed by atoms with E-state index in [2.05, 4.69) is 10.6 Å². The molecule has 0 bridgehead atoms. The number of carbonyl (C=O) groups is 3. The van der Waals surface area contributed by atoms with Crippen LogP contribution in [0.15, 0.2) is 18.2 Å². The summed E-state index contributed by atoms with van der Waals surface area (Å²) in [5.74, 6) is -1.00. The van der Waals surface area contributed by atoms with Gasteiger partial charge in [-0.15, -0.1) is 0 Å². The van der Waals surface area contributed by atoms with E-state index in [0.29, 0.717) is 19.3 Å². The van der Waals surface area contributed by atoms with Crippen LogP contribution >= 0.6 is 0 Å². The van der Waals surface area contributed by atoms with Gasteiger partial charge < -0.3 is 10.6 Å². The first kappa shape index (κ1) is 17.4. The molecule has 1 aromatic carbocycles. The Morgan fingerprint density at radius 3 is 2.72 bits per heavy atom. The van der Waals surface area contributed by atoms with E-state index in [1.807, 2.05) is 0 Å². The fourth-order valence-electron chi connectivity index (χ4n) is 3.53. The number of hydrogen-bond acceptors (Lipinski definition) is 3. The predicted molar refractivity (Wildman–Crippen MR) is 90.4 cm³/mol. The van der Waals surface area contributed by atoms with Crippen molar-refractivity contribution in [1.82, 2.24) is 10.2 Å². The van der Waals surface area contributed by atoms with Crippen molar-refractivity contribution in [2.75, 3.05) is 11.9 Å². The van der Waals surface area contributed by atoms with Crippen LogP contribution in [-0.4, -0.2) is 34.8 Å². The molecule has 2 N–H and O–H groups in total. The average Bonchev–Trinajstić information content (AvgIpc) is 3.11. The largest absolute Gasteiger partial charge is 0.325 e. The highest BCUT2D eigenvalue weighted by Gasteiger charge is 2.51. The molecule has 25 heavy (non-hydrogen) atoms. The van der Waals surface area contributed by atoms with Gasteiger partial charge in [0, 0.05) is 13.0 Å². The first-order chi connectivity index (χ1) is 11.9. The van der Waals surface area contributed by atoms with E-state index in [4.69, 9.17) is 0 Å². The lowest BCUT2D eigenvalue weighted by Gasteiger charge is -2.19. The molecule has 0 unspecified atom stereocenters. The number of urea groups is 1. The minimum absolute atomic E-state index is 0.109. The zero-order valence-corrected chi connectivity index (χ0v) is 14.2. The van der Waals surface area contributed by atoms with Crippen molar-refractivity contribution in [2.45, 2.75) is 51.0 Å². The van der Waals surface area contributed by atoms with E-state index in [-0.39, 0.29) is 36.5 Å². The Morgan fingerprint density at radius 1 is 1.32 bits per heavy atom. The summed E-state index contributed by atoms with van der Waals surface area (Å²) in [6.07, 6.45) is 3.68. The van der Waals surface area contributed by atoms with Gasteiger partial charge in [0.05, 0.1) is 5.69 Å². The van der Waals surface area contributed by atoms with Crippen LogP contribution in [0.25, 0.3) is 0 Å². The fraction of sp³-hybridized carbons (Fsp3) is 0.500. The summed E-state index contributed by atoms with van der Waals surface area (Å²) >= 11 is 0. The summed E-state index contributed by atoms with van der Waals surface area (Å²) in [5.41, 5.74) is 0.190. The molecule has 0 atom stereocenters. The van der Waals surface area contributed by atoms with Crippen LogP contribution in [0.2, 0.25) is 0 Å². The Hall–Kier alpha value is -2.44. The second-order valence-corrected chi connectivity index (χ2v) is 6.81. The monoisotopic (exact) mass is 347 g/mol. The summed E-state index contributed by atoms with van der Waals surface area (Å²) < 4.78 is 13.7. The third-order valence-electron chi connectivity index (χ3n) is 4.89. The van der Waals surface area contributed by atoms with Crippen LogP contribution in [0.4, 0.5) is 14.9 Å². The van der Waals surface area contributed by atoms with Gasteiger partial charge in [-0.3, -0.25) is 14.5 Å². The Bertz CT molecular complexity index is 714. The van der Waals surface area contributed by atoms with Crippen molar-refractivity contribution in [1.29, 1.82) is 0 Å². The number of nitrogens with zero attached hydrogens (tertiary/aromatic N) is 1. The minimum Gasteiger partial charge on any atom is -0.324 e. The van der Waals surface area contributed by atoms with Gasteiger partial charge in [-0.05, 0) is 43.9 Å². The van der Waals surface area contributed by atoms with Gasteiger partial charge in [0.2, 0.25) is 5.91 Å². The number of imide groups is 1. The average molecular weight is 347 g/mol. The molecule has 1 aromatic rings. The second kappa shape index (κ2) is 6.82. The van der Waals surface area contributed by atoms with Crippen molar-refractivity contribution in [3.8, 4) is 0 Å². The third kappa shape index (κ3) is 3.50. The van der Waals surface area contributed by atoms with Crippen LogP contribution in [0.1, 0.15) is 44.1 Å². The number of nitrogens with one attached hydrogen (secondary N) is 2. The molecule has 6 nitrogen and oxygen atoms in total. The van der Waals surface area contributed by atoms with Crippen LogP contribution in [0, 0.1) is 12.7 Å². The first-order valence-electron chi connectivity index (χ1n) is 8.61. The summed E-state index contributed by atoms with van der Waals surface area (Å²) in [6, 6.07) is 4.21. The van der Waals surface area contributed by atoms with Gasteiger partial charge in [0.25, 0.3) is 5.91 Å². The molecule has 3 rings (SSSR count). The highest BCUT2D eigenvalue weighted by atomic mass is 19.1. The molecule has 2 fully saturated rings. The van der Waals surface area contributed by atoms with Crippen molar-refractivity contribution in [2.24, 2.45) is 0 Å². The minimum atomic E-state index is -0.718. The normalized spacial score (nSPS) is 18.7. The quantitative estimate of drug-likeness (QED) is 0.804. The molecular weight excluding hydrogens is 325 g/mol. The van der Waals surface area contributed by atoms with Crippen molar-refractivity contribution in [3.05, 3.63) is 29.6 Å². The summed E-state index contributed by atoms with van der Waals surface area (Å²) in [5, 5.41) is 5.32. The molecule has 2 aliphatic rings. The smallest absolute Gasteiger partial charge is 0.324 e. The molecule has 1 heterocycles. The van der Waals surface area contributed by atoms with Crippen LogP contribution in [0.3, 0.4) is 0 Å². The highest BCUT2D eigenvalue weighted by Crippen LogP contribution is 2.35. The number of aryl methyl sites for hydroxylation is 1. The molecule has 1 aliphatic carbocycles. The Kier molecular flexibility index (Phi) is 4.74. The van der Waals surface area contributed by atoms with Gasteiger partial charge >= 0.3 is 6.03 Å². The van der Waals surface area contributed by atoms with E-state index < -0.39 is 11.4 Å². The van der Waals surface area contributed by atoms with E-state index in [1.165, 1.54) is 17.0 Å². The SMILES string of the molecule is Cc1ccc(NC(=O)CCCN2C(=O)NC3(CCCC3)C2=O)c(F)c1. The van der Waals surface area contributed by atoms with Gasteiger partial charge in [0.1, 0.15) is 11.4 Å². The first-order valence-corrected chi connectivity index (χ1v) is 8.61. The van der Waals surface area contributed by atoms with Gasteiger partial charge in [0.15, 0.2) is 0 Å². The van der Waals surface area contributed by atoms with Crippen LogP contribution in [0.5, 0.6) is 0 Å². The number of hydrogen-bond donors (Lipinski definition) is 2. The molecule has 0 radical (unpaired) electrons. The van der Waals surface area contributed by atoms with Crippen molar-refractivity contribution in [3.63, 3.8) is 0 Å². The highest BCUT2D eigenvalue weighted by molar-refractivity contribution is 6.07. The molecule has 134 valence electrons. The van der Waals surface area contributed by atoms with Gasteiger partial charge in [-0.1, -0.05) is 18.9 Å². The number of amides is 4. The lowest BCUT2D eigenvalue weighted by atomic mass is 9.98. The molecular formula is C18H22FN3O3. The fourth-order valence-corrected chi connectivity index (χ4v) is 3.53.